The van der Waals surface area contributed by atoms with Gasteiger partial charge < -0.3 is 10.1 Å². The van der Waals surface area contributed by atoms with Crippen molar-refractivity contribution in [2.24, 2.45) is 17.0 Å². The van der Waals surface area contributed by atoms with Gasteiger partial charge in [-0.2, -0.15) is 0 Å². The lowest BCUT2D eigenvalue weighted by Gasteiger charge is -2.25. The summed E-state index contributed by atoms with van der Waals surface area (Å²) in [6, 6.07) is 4.47. The molecule has 0 spiro atoms. The highest BCUT2D eigenvalue weighted by Crippen LogP contribution is 2.29. The number of benzene rings is 1. The summed E-state index contributed by atoms with van der Waals surface area (Å²) in [5.41, 5.74) is 0.692. The Hall–Kier alpha value is -1.60. The summed E-state index contributed by atoms with van der Waals surface area (Å²) in [6.45, 7) is 4.95. The molecule has 0 saturated carbocycles. The molecule has 116 valence electrons. The van der Waals surface area contributed by atoms with Crippen LogP contribution in [0.3, 0.4) is 0 Å². The van der Waals surface area contributed by atoms with Crippen LogP contribution in [0.4, 0.5) is 0 Å². The van der Waals surface area contributed by atoms with E-state index in [0.29, 0.717) is 36.8 Å². The molecule has 0 radical (unpaired) electrons. The van der Waals surface area contributed by atoms with Gasteiger partial charge in [0, 0.05) is 6.54 Å². The first kappa shape index (κ1) is 15.8. The molecular weight excluding hydrogens is 292 g/mol. The van der Waals surface area contributed by atoms with E-state index in [1.54, 1.807) is 6.07 Å². The fourth-order valence-corrected chi connectivity index (χ4v) is 2.73. The number of rotatable bonds is 4. The van der Waals surface area contributed by atoms with Gasteiger partial charge in [0.05, 0.1) is 10.8 Å². The summed E-state index contributed by atoms with van der Waals surface area (Å²) in [7, 11) is -3.75. The monoisotopic (exact) mass is 312 g/mol. The van der Waals surface area contributed by atoms with Crippen LogP contribution in [-0.4, -0.2) is 27.5 Å². The van der Waals surface area contributed by atoms with Crippen molar-refractivity contribution in [1.82, 2.24) is 5.32 Å². The molecule has 1 unspecified atom stereocenters. The van der Waals surface area contributed by atoms with Gasteiger partial charge in [-0.1, -0.05) is 13.8 Å². The Balaban J connectivity index is 2.13. The summed E-state index contributed by atoms with van der Waals surface area (Å²) >= 11 is 0. The molecule has 2 rings (SSSR count). The molecule has 0 aromatic heterocycles. The van der Waals surface area contributed by atoms with Crippen LogP contribution in [0, 0.1) is 11.8 Å². The van der Waals surface area contributed by atoms with Gasteiger partial charge in [-0.3, -0.25) is 4.79 Å². The van der Waals surface area contributed by atoms with Crippen molar-refractivity contribution in [3.63, 3.8) is 0 Å². The minimum Gasteiger partial charge on any atom is -0.492 e. The first-order valence-corrected chi connectivity index (χ1v) is 8.38. The van der Waals surface area contributed by atoms with Crippen molar-refractivity contribution in [2.75, 3.05) is 13.2 Å². The molecule has 0 fully saturated rings. The molecule has 1 aromatic carbocycles. The molecular formula is C14H20N2O4S. The Morgan fingerprint density at radius 3 is 2.81 bits per heavy atom. The average molecular weight is 312 g/mol. The number of nitrogens with one attached hydrogen (secondary N) is 1. The van der Waals surface area contributed by atoms with Crippen molar-refractivity contribution >= 4 is 15.9 Å². The number of carbonyl (C=O) groups excluding carboxylic acids is 1. The van der Waals surface area contributed by atoms with E-state index in [1.165, 1.54) is 12.1 Å². The summed E-state index contributed by atoms with van der Waals surface area (Å²) in [6.07, 6.45) is 0.447. The largest absolute Gasteiger partial charge is 0.492 e. The van der Waals surface area contributed by atoms with Crippen LogP contribution in [0.1, 0.15) is 19.4 Å². The second-order valence-electron chi connectivity index (χ2n) is 5.67. The topological polar surface area (TPSA) is 98.5 Å². The van der Waals surface area contributed by atoms with Crippen molar-refractivity contribution < 1.29 is 17.9 Å². The Labute approximate surface area is 124 Å². The van der Waals surface area contributed by atoms with Crippen molar-refractivity contribution in [3.8, 4) is 5.75 Å². The van der Waals surface area contributed by atoms with Gasteiger partial charge in [0.25, 0.3) is 0 Å². The number of ether oxygens (including phenoxy) is 1. The molecule has 0 aliphatic carbocycles. The first-order chi connectivity index (χ1) is 9.77. The molecule has 1 amide bonds. The van der Waals surface area contributed by atoms with Gasteiger partial charge in [-0.05, 0) is 36.1 Å². The van der Waals surface area contributed by atoms with Crippen LogP contribution in [0.15, 0.2) is 23.1 Å². The third kappa shape index (κ3) is 3.95. The van der Waals surface area contributed by atoms with Gasteiger partial charge in [-0.25, -0.2) is 13.6 Å². The Bertz CT molecular complexity index is 640. The van der Waals surface area contributed by atoms with E-state index in [2.05, 4.69) is 5.32 Å². The highest BCUT2D eigenvalue weighted by atomic mass is 32.2. The SMILES string of the molecule is CC(C)CNC(=O)C1COc2ccc(S(N)(=O)=O)cc2C1. The van der Waals surface area contributed by atoms with Crippen molar-refractivity contribution in [3.05, 3.63) is 23.8 Å². The molecule has 0 bridgehead atoms. The standard InChI is InChI=1S/C14H20N2O4S/c1-9(2)7-16-14(17)11-5-10-6-12(21(15,18)19)3-4-13(10)20-8-11/h3-4,6,9,11H,5,7-8H2,1-2H3,(H,16,17)(H2,15,18,19). The average Bonchev–Trinajstić information content (AvgIpc) is 2.42. The van der Waals surface area contributed by atoms with E-state index in [9.17, 15) is 13.2 Å². The van der Waals surface area contributed by atoms with Crippen molar-refractivity contribution in [2.45, 2.75) is 25.2 Å². The van der Waals surface area contributed by atoms with Crippen LogP contribution in [0.5, 0.6) is 5.75 Å². The summed E-state index contributed by atoms with van der Waals surface area (Å²) < 4.78 is 28.3. The van der Waals surface area contributed by atoms with Gasteiger partial charge in [-0.15, -0.1) is 0 Å². The van der Waals surface area contributed by atoms with E-state index < -0.39 is 10.0 Å². The fourth-order valence-electron chi connectivity index (χ4n) is 2.17. The summed E-state index contributed by atoms with van der Waals surface area (Å²) in [5, 5.41) is 7.98. The third-order valence-electron chi connectivity index (χ3n) is 3.32. The number of primary sulfonamides is 1. The minimum atomic E-state index is -3.75. The van der Waals surface area contributed by atoms with Gasteiger partial charge in [0.2, 0.25) is 15.9 Å². The second-order valence-corrected chi connectivity index (χ2v) is 7.23. The van der Waals surface area contributed by atoms with Crippen LogP contribution in [0.25, 0.3) is 0 Å². The zero-order chi connectivity index (χ0) is 15.6. The number of carbonyl (C=O) groups is 1. The predicted octanol–water partition coefficient (Wildman–Crippen LogP) is 0.657. The van der Waals surface area contributed by atoms with E-state index in [0.717, 1.165) is 0 Å². The van der Waals surface area contributed by atoms with E-state index >= 15 is 0 Å². The Morgan fingerprint density at radius 2 is 2.19 bits per heavy atom. The molecule has 3 N–H and O–H groups in total. The van der Waals surface area contributed by atoms with Gasteiger partial charge >= 0.3 is 0 Å². The summed E-state index contributed by atoms with van der Waals surface area (Å²) in [5.74, 6) is 0.595. The molecule has 1 aromatic rings. The fraction of sp³-hybridized carbons (Fsp3) is 0.500. The molecule has 1 aliphatic rings. The number of hydrogen-bond donors (Lipinski definition) is 2. The van der Waals surface area contributed by atoms with Crippen LogP contribution in [0.2, 0.25) is 0 Å². The van der Waals surface area contributed by atoms with Gasteiger partial charge in [0.1, 0.15) is 12.4 Å². The molecule has 1 aliphatic heterocycles. The highest BCUT2D eigenvalue weighted by molar-refractivity contribution is 7.89. The maximum atomic E-state index is 12.1. The Morgan fingerprint density at radius 1 is 1.48 bits per heavy atom. The third-order valence-corrected chi connectivity index (χ3v) is 4.23. The first-order valence-electron chi connectivity index (χ1n) is 6.83. The maximum Gasteiger partial charge on any atom is 0.238 e. The molecule has 21 heavy (non-hydrogen) atoms. The lowest BCUT2D eigenvalue weighted by Crippen LogP contribution is -2.38. The molecule has 1 atom stereocenters. The number of fused-ring (bicyclic) bond motifs is 1. The molecule has 1 heterocycles. The smallest absolute Gasteiger partial charge is 0.238 e. The van der Waals surface area contributed by atoms with E-state index in [4.69, 9.17) is 9.88 Å². The number of sulfonamides is 1. The minimum absolute atomic E-state index is 0.0353. The lowest BCUT2D eigenvalue weighted by molar-refractivity contribution is -0.126. The zero-order valence-electron chi connectivity index (χ0n) is 12.1. The van der Waals surface area contributed by atoms with Crippen LogP contribution < -0.4 is 15.2 Å². The predicted molar refractivity (Wildman–Crippen MR) is 78.4 cm³/mol. The molecule has 7 heteroatoms. The number of amides is 1. The van der Waals surface area contributed by atoms with Crippen LogP contribution >= 0.6 is 0 Å². The highest BCUT2D eigenvalue weighted by Gasteiger charge is 2.27. The van der Waals surface area contributed by atoms with Gasteiger partial charge in [0.15, 0.2) is 0 Å². The second kappa shape index (κ2) is 6.03. The van der Waals surface area contributed by atoms with E-state index in [1.807, 2.05) is 13.8 Å². The quantitative estimate of drug-likeness (QED) is 0.853. The van der Waals surface area contributed by atoms with Crippen molar-refractivity contribution in [1.29, 1.82) is 0 Å². The van der Waals surface area contributed by atoms with E-state index in [-0.39, 0.29) is 16.7 Å². The summed E-state index contributed by atoms with van der Waals surface area (Å²) in [4.78, 5) is 12.1. The maximum absolute atomic E-state index is 12.1. The van der Waals surface area contributed by atoms with Crippen LogP contribution in [-0.2, 0) is 21.2 Å². The number of hydrogen-bond acceptors (Lipinski definition) is 4. The number of nitrogens with two attached hydrogens (primary N) is 1. The molecule has 6 nitrogen and oxygen atoms in total. The molecule has 0 saturated heterocycles. The lowest BCUT2D eigenvalue weighted by atomic mass is 9.96. The normalized spacial score (nSPS) is 18.0. The Kier molecular flexibility index (Phi) is 4.53. The zero-order valence-corrected chi connectivity index (χ0v) is 12.9.